The van der Waals surface area contributed by atoms with Gasteiger partial charge < -0.3 is 4.74 Å². The van der Waals surface area contributed by atoms with Crippen molar-refractivity contribution in [3.63, 3.8) is 0 Å². The number of alkyl halides is 3. The first-order valence-electron chi connectivity index (χ1n) is 11.1. The fourth-order valence-corrected chi connectivity index (χ4v) is 4.57. The maximum absolute atomic E-state index is 14.2. The number of likely N-dealkylation sites (tertiary alicyclic amines) is 1. The lowest BCUT2D eigenvalue weighted by Gasteiger charge is -2.30. The Morgan fingerprint density at radius 3 is 2.68 bits per heavy atom. The van der Waals surface area contributed by atoms with Crippen LogP contribution in [0.3, 0.4) is 0 Å². The van der Waals surface area contributed by atoms with E-state index in [1.165, 1.54) is 39.8 Å². The van der Waals surface area contributed by atoms with Gasteiger partial charge in [0.2, 0.25) is 0 Å². The molecule has 0 bridgehead atoms. The molecule has 1 aliphatic rings. The van der Waals surface area contributed by atoms with Gasteiger partial charge in [0.15, 0.2) is 23.0 Å². The van der Waals surface area contributed by atoms with Gasteiger partial charge in [-0.1, -0.05) is 19.1 Å². The molecule has 4 aromatic rings. The van der Waals surface area contributed by atoms with Crippen LogP contribution in [0.4, 0.5) is 17.6 Å². The molecule has 1 aromatic carbocycles. The van der Waals surface area contributed by atoms with Crippen molar-refractivity contribution in [3.05, 3.63) is 54.0 Å². The Morgan fingerprint density at radius 1 is 1.15 bits per heavy atom. The first kappa shape index (κ1) is 22.5. The minimum absolute atomic E-state index is 0.0842. The molecule has 0 amide bonds. The van der Waals surface area contributed by atoms with Gasteiger partial charge in [-0.2, -0.15) is 13.2 Å². The van der Waals surface area contributed by atoms with Crippen LogP contribution in [0.5, 0.6) is 5.75 Å². The Hall–Kier alpha value is -3.27. The maximum Gasteiger partial charge on any atom is 0.408 e. The van der Waals surface area contributed by atoms with Crippen LogP contribution in [0.1, 0.15) is 31.9 Å². The minimum Gasteiger partial charge on any atom is -0.491 e. The lowest BCUT2D eigenvalue weighted by atomic mass is 10.1. The lowest BCUT2D eigenvalue weighted by Crippen LogP contribution is -2.37. The third-order valence-corrected chi connectivity index (χ3v) is 6.14. The fraction of sp³-hybridized carbons (Fsp3) is 0.375. The molecule has 3 aromatic heterocycles. The fourth-order valence-electron chi connectivity index (χ4n) is 4.57. The van der Waals surface area contributed by atoms with Crippen molar-refractivity contribution in [3.8, 4) is 17.3 Å². The number of hydrogen-bond acceptors (Lipinski definition) is 5. The second-order valence-corrected chi connectivity index (χ2v) is 8.65. The number of pyridine rings is 2. The quantitative estimate of drug-likeness (QED) is 0.362. The van der Waals surface area contributed by atoms with Gasteiger partial charge in [0.25, 0.3) is 0 Å². The molecule has 0 spiro atoms. The molecule has 1 aliphatic heterocycles. The number of rotatable bonds is 5. The monoisotopic (exact) mass is 473 g/mol. The van der Waals surface area contributed by atoms with Crippen molar-refractivity contribution in [2.75, 3.05) is 19.7 Å². The maximum atomic E-state index is 14.2. The second kappa shape index (κ2) is 8.50. The molecular formula is C24H23F4N5O. The highest BCUT2D eigenvalue weighted by atomic mass is 19.4. The number of nitrogens with zero attached hydrogens (tertiary/aromatic N) is 5. The Kier molecular flexibility index (Phi) is 5.63. The summed E-state index contributed by atoms with van der Waals surface area (Å²) in [6.07, 6.45) is -2.25. The second-order valence-electron chi connectivity index (χ2n) is 8.65. The summed E-state index contributed by atoms with van der Waals surface area (Å²) >= 11 is 0. The average Bonchev–Trinajstić information content (AvgIpc) is 3.39. The van der Waals surface area contributed by atoms with Gasteiger partial charge in [0.1, 0.15) is 11.7 Å². The molecule has 1 saturated heterocycles. The molecule has 10 heteroatoms. The predicted molar refractivity (Wildman–Crippen MR) is 119 cm³/mol. The van der Waals surface area contributed by atoms with Crippen molar-refractivity contribution < 1.29 is 22.3 Å². The highest BCUT2D eigenvalue weighted by Gasteiger charge is 2.46. The van der Waals surface area contributed by atoms with Gasteiger partial charge in [0.05, 0.1) is 12.1 Å². The molecule has 0 saturated carbocycles. The number of hydrogen-bond donors (Lipinski definition) is 0. The van der Waals surface area contributed by atoms with Gasteiger partial charge in [-0.3, -0.25) is 9.30 Å². The molecule has 6 nitrogen and oxygen atoms in total. The third-order valence-electron chi connectivity index (χ3n) is 6.14. The van der Waals surface area contributed by atoms with Crippen molar-refractivity contribution in [2.45, 2.75) is 32.5 Å². The SMILES string of the molecule is CCOc1cc2nc(-c3nnc4ccc(C(N5CCC(C)C5)C(F)(F)F)cn34)ccc2cc1F. The van der Waals surface area contributed by atoms with Crippen LogP contribution < -0.4 is 4.74 Å². The summed E-state index contributed by atoms with van der Waals surface area (Å²) < 4.78 is 63.3. The average molecular weight is 473 g/mol. The molecule has 5 rings (SSSR count). The third kappa shape index (κ3) is 4.06. The molecule has 1 fully saturated rings. The van der Waals surface area contributed by atoms with Crippen LogP contribution in [0, 0.1) is 11.7 Å². The summed E-state index contributed by atoms with van der Waals surface area (Å²) in [6, 6.07) is 7.45. The van der Waals surface area contributed by atoms with E-state index in [1.54, 1.807) is 19.1 Å². The summed E-state index contributed by atoms with van der Waals surface area (Å²) in [5, 5.41) is 8.84. The van der Waals surface area contributed by atoms with Crippen LogP contribution in [0.15, 0.2) is 42.6 Å². The first-order valence-corrected chi connectivity index (χ1v) is 11.1. The van der Waals surface area contributed by atoms with Crippen molar-refractivity contribution in [1.82, 2.24) is 24.5 Å². The number of benzene rings is 1. The molecule has 0 N–H and O–H groups in total. The number of ether oxygens (including phenoxy) is 1. The number of halogens is 4. The van der Waals surface area contributed by atoms with Crippen molar-refractivity contribution >= 4 is 16.6 Å². The Labute approximate surface area is 193 Å². The number of fused-ring (bicyclic) bond motifs is 2. The molecule has 2 atom stereocenters. The van der Waals surface area contributed by atoms with Crippen LogP contribution in [0.25, 0.3) is 28.1 Å². The van der Waals surface area contributed by atoms with E-state index in [1.807, 2.05) is 6.92 Å². The smallest absolute Gasteiger partial charge is 0.408 e. The van der Waals surface area contributed by atoms with Crippen LogP contribution in [0.2, 0.25) is 0 Å². The zero-order valence-corrected chi connectivity index (χ0v) is 18.7. The van der Waals surface area contributed by atoms with E-state index in [-0.39, 0.29) is 17.2 Å². The van der Waals surface area contributed by atoms with Gasteiger partial charge in [-0.05, 0) is 49.6 Å². The predicted octanol–water partition coefficient (Wildman–Crippen LogP) is 5.43. The van der Waals surface area contributed by atoms with Crippen LogP contribution in [-0.4, -0.2) is 50.4 Å². The van der Waals surface area contributed by atoms with E-state index in [0.29, 0.717) is 47.8 Å². The minimum atomic E-state index is -4.42. The summed E-state index contributed by atoms with van der Waals surface area (Å²) in [6.45, 7) is 4.80. The zero-order chi connectivity index (χ0) is 24.0. The summed E-state index contributed by atoms with van der Waals surface area (Å²) in [5.41, 5.74) is 1.42. The highest BCUT2D eigenvalue weighted by Crippen LogP contribution is 2.40. The highest BCUT2D eigenvalue weighted by molar-refractivity contribution is 5.82. The van der Waals surface area contributed by atoms with Gasteiger partial charge in [-0.15, -0.1) is 10.2 Å². The molecule has 0 aliphatic carbocycles. The molecule has 4 heterocycles. The Morgan fingerprint density at radius 2 is 1.97 bits per heavy atom. The zero-order valence-electron chi connectivity index (χ0n) is 18.7. The van der Waals surface area contributed by atoms with Crippen molar-refractivity contribution in [2.24, 2.45) is 5.92 Å². The molecule has 2 unspecified atom stereocenters. The van der Waals surface area contributed by atoms with Crippen molar-refractivity contribution in [1.29, 1.82) is 0 Å². The largest absolute Gasteiger partial charge is 0.491 e. The Balaban J connectivity index is 1.59. The molecule has 34 heavy (non-hydrogen) atoms. The van der Waals surface area contributed by atoms with E-state index in [0.717, 1.165) is 6.42 Å². The van der Waals surface area contributed by atoms with Gasteiger partial charge in [-0.25, -0.2) is 9.37 Å². The van der Waals surface area contributed by atoms with Gasteiger partial charge >= 0.3 is 6.18 Å². The van der Waals surface area contributed by atoms with E-state index in [9.17, 15) is 17.6 Å². The molecular weight excluding hydrogens is 450 g/mol. The van der Waals surface area contributed by atoms with E-state index < -0.39 is 18.0 Å². The Bertz CT molecular complexity index is 1350. The number of aromatic nitrogens is 4. The standard InChI is InChI=1S/C24H23F4N5O/c1-3-34-20-11-19-15(10-17(20)25)4-6-18(29-19)23-31-30-21-7-5-16(13-33(21)23)22(24(26,27)28)32-9-8-14(2)12-32/h4-7,10-11,13-14,22H,3,8-9,12H2,1-2H3. The molecule has 0 radical (unpaired) electrons. The lowest BCUT2D eigenvalue weighted by molar-refractivity contribution is -0.184. The first-order chi connectivity index (χ1) is 16.2. The van der Waals surface area contributed by atoms with E-state index >= 15 is 0 Å². The topological polar surface area (TPSA) is 55.6 Å². The summed E-state index contributed by atoms with van der Waals surface area (Å²) in [4.78, 5) is 6.04. The summed E-state index contributed by atoms with van der Waals surface area (Å²) in [7, 11) is 0. The molecule has 178 valence electrons. The normalized spacial score (nSPS) is 18.1. The summed E-state index contributed by atoms with van der Waals surface area (Å²) in [5.74, 6) is 0.112. The van der Waals surface area contributed by atoms with Gasteiger partial charge in [0, 0.05) is 24.2 Å². The van der Waals surface area contributed by atoms with Crippen LogP contribution in [-0.2, 0) is 0 Å². The van der Waals surface area contributed by atoms with E-state index in [2.05, 4.69) is 15.2 Å². The van der Waals surface area contributed by atoms with Crippen LogP contribution >= 0.6 is 0 Å². The van der Waals surface area contributed by atoms with E-state index in [4.69, 9.17) is 4.74 Å².